The van der Waals surface area contributed by atoms with E-state index in [4.69, 9.17) is 10.4 Å². The molecule has 16 heavy (non-hydrogen) atoms. The maximum atomic E-state index is 11.9. The monoisotopic (exact) mass is 242 g/mol. The number of carbonyl (C=O) groups excluding carboxylic acids is 1. The summed E-state index contributed by atoms with van der Waals surface area (Å²) in [5.41, 5.74) is 0. The van der Waals surface area contributed by atoms with Crippen LogP contribution in [0.2, 0.25) is 0 Å². The predicted molar refractivity (Wildman–Crippen MR) is 59.6 cm³/mol. The van der Waals surface area contributed by atoms with E-state index in [1.165, 1.54) is 4.90 Å². The average molecular weight is 242 g/mol. The van der Waals surface area contributed by atoms with Crippen LogP contribution in [0.5, 0.6) is 0 Å². The Morgan fingerprint density at radius 3 is 2.94 bits per heavy atom. The Morgan fingerprint density at radius 2 is 2.38 bits per heavy atom. The molecule has 0 saturated carbocycles. The van der Waals surface area contributed by atoms with Gasteiger partial charge in [-0.15, -0.1) is 0 Å². The van der Waals surface area contributed by atoms with E-state index in [0.717, 1.165) is 18.2 Å². The molecule has 6 heteroatoms. The molecule has 1 fully saturated rings. The van der Waals surface area contributed by atoms with E-state index in [1.54, 1.807) is 6.92 Å². The summed E-state index contributed by atoms with van der Waals surface area (Å²) >= 11 is 1.02. The molecule has 1 saturated heterocycles. The second kappa shape index (κ2) is 5.75. The molecule has 1 amide bonds. The fourth-order valence-electron chi connectivity index (χ4n) is 1.80. The number of thioether (sulfide) groups is 1. The van der Waals surface area contributed by atoms with E-state index in [9.17, 15) is 9.59 Å². The van der Waals surface area contributed by atoms with Gasteiger partial charge in [0.05, 0.1) is 0 Å². The second-order valence-electron chi connectivity index (χ2n) is 3.83. The third-order valence-corrected chi connectivity index (χ3v) is 3.44. The van der Waals surface area contributed by atoms with Crippen molar-refractivity contribution in [3.05, 3.63) is 0 Å². The number of hydrogen-bond acceptors (Lipinski definition) is 4. The van der Waals surface area contributed by atoms with Crippen LogP contribution in [0, 0.1) is 16.6 Å². The number of carbonyl (C=O) groups is 2. The largest absolute Gasteiger partial charge is 0.480 e. The lowest BCUT2D eigenvalue weighted by molar-refractivity contribution is -0.149. The molecule has 0 spiro atoms. The smallest absolute Gasteiger partial charge is 0.326 e. The number of likely N-dealkylation sites (tertiary alicyclic amines) is 1. The summed E-state index contributed by atoms with van der Waals surface area (Å²) in [6.45, 7) is 2.24. The lowest BCUT2D eigenvalue weighted by Crippen LogP contribution is -2.43. The minimum atomic E-state index is -0.939. The number of carboxylic acids is 1. The Morgan fingerprint density at radius 1 is 1.69 bits per heavy atom. The summed E-state index contributed by atoms with van der Waals surface area (Å²) in [5.74, 6) is -0.985. The summed E-state index contributed by atoms with van der Waals surface area (Å²) in [5, 5.41) is 19.2. The number of thiocyanates is 1. The lowest BCUT2D eigenvalue weighted by Gasteiger charge is -2.24. The predicted octanol–water partition coefficient (Wildman–Crippen LogP) is 0.912. The van der Waals surface area contributed by atoms with Gasteiger partial charge in [0.25, 0.3) is 0 Å². The van der Waals surface area contributed by atoms with Crippen LogP contribution in [0.25, 0.3) is 0 Å². The molecule has 2 unspecified atom stereocenters. The van der Waals surface area contributed by atoms with Crippen molar-refractivity contribution < 1.29 is 14.7 Å². The molecular weight excluding hydrogens is 228 g/mol. The first kappa shape index (κ1) is 12.8. The summed E-state index contributed by atoms with van der Waals surface area (Å²) in [4.78, 5) is 24.2. The van der Waals surface area contributed by atoms with E-state index in [2.05, 4.69) is 0 Å². The van der Waals surface area contributed by atoms with Crippen LogP contribution < -0.4 is 0 Å². The third-order valence-electron chi connectivity index (χ3n) is 2.64. The summed E-state index contributed by atoms with van der Waals surface area (Å²) in [6.07, 6.45) is 1.26. The zero-order valence-electron chi connectivity index (χ0n) is 9.05. The number of hydrogen-bond donors (Lipinski definition) is 1. The molecule has 2 atom stereocenters. The van der Waals surface area contributed by atoms with Crippen LogP contribution >= 0.6 is 11.8 Å². The first-order valence-corrected chi connectivity index (χ1v) is 6.10. The summed E-state index contributed by atoms with van der Waals surface area (Å²) in [7, 11) is 0. The zero-order chi connectivity index (χ0) is 12.1. The van der Waals surface area contributed by atoms with Gasteiger partial charge in [0.15, 0.2) is 0 Å². The maximum absolute atomic E-state index is 11.9. The molecule has 0 aromatic heterocycles. The van der Waals surface area contributed by atoms with Crippen LogP contribution in [-0.2, 0) is 9.59 Å². The van der Waals surface area contributed by atoms with Crippen molar-refractivity contribution in [3.8, 4) is 5.40 Å². The van der Waals surface area contributed by atoms with Gasteiger partial charge in [0.1, 0.15) is 11.4 Å². The van der Waals surface area contributed by atoms with Crippen molar-refractivity contribution in [1.29, 1.82) is 5.26 Å². The van der Waals surface area contributed by atoms with Gasteiger partial charge in [-0.2, -0.15) is 5.26 Å². The van der Waals surface area contributed by atoms with E-state index in [0.29, 0.717) is 18.7 Å². The molecule has 1 aliphatic rings. The Kier molecular flexibility index (Phi) is 4.62. The number of aliphatic carboxylic acids is 1. The number of nitrogens with zero attached hydrogens (tertiary/aromatic N) is 2. The second-order valence-corrected chi connectivity index (χ2v) is 4.64. The molecular formula is C10H14N2O3S. The van der Waals surface area contributed by atoms with Crippen molar-refractivity contribution in [2.45, 2.75) is 25.8 Å². The topological polar surface area (TPSA) is 81.4 Å². The minimum absolute atomic E-state index is 0.160. The van der Waals surface area contributed by atoms with Gasteiger partial charge in [0, 0.05) is 18.2 Å². The molecule has 5 nitrogen and oxygen atoms in total. The Labute approximate surface area is 98.4 Å². The highest BCUT2D eigenvalue weighted by atomic mass is 32.2. The molecule has 1 heterocycles. The summed E-state index contributed by atoms with van der Waals surface area (Å²) in [6, 6.07) is -0.679. The quantitative estimate of drug-likeness (QED) is 0.741. The normalized spacial score (nSPS) is 21.5. The molecule has 1 N–H and O–H groups in total. The zero-order valence-corrected chi connectivity index (χ0v) is 9.87. The lowest BCUT2D eigenvalue weighted by atomic mass is 10.1. The van der Waals surface area contributed by atoms with Crippen LogP contribution in [0.4, 0.5) is 0 Å². The highest BCUT2D eigenvalue weighted by Crippen LogP contribution is 2.21. The molecule has 0 aromatic carbocycles. The standard InChI is InChI=1S/C10H14N2O3S/c1-7(5-16-6-11)9(13)12-4-2-3-8(12)10(14)15/h7-8H,2-5H2,1H3,(H,14,15). The van der Waals surface area contributed by atoms with E-state index >= 15 is 0 Å². The van der Waals surface area contributed by atoms with Gasteiger partial charge in [-0.25, -0.2) is 4.79 Å². The Bertz CT molecular complexity index is 327. The van der Waals surface area contributed by atoms with Crippen molar-refractivity contribution in [1.82, 2.24) is 4.90 Å². The van der Waals surface area contributed by atoms with Crippen molar-refractivity contribution in [3.63, 3.8) is 0 Å². The molecule has 0 bridgehead atoms. The van der Waals surface area contributed by atoms with E-state index in [1.807, 2.05) is 5.40 Å². The molecule has 1 rings (SSSR count). The molecule has 0 aliphatic carbocycles. The van der Waals surface area contributed by atoms with Gasteiger partial charge in [-0.3, -0.25) is 4.79 Å². The van der Waals surface area contributed by atoms with Crippen molar-refractivity contribution >= 4 is 23.6 Å². The number of nitriles is 1. The van der Waals surface area contributed by atoms with E-state index in [-0.39, 0.29) is 11.8 Å². The molecule has 88 valence electrons. The van der Waals surface area contributed by atoms with Gasteiger partial charge < -0.3 is 10.0 Å². The Hall–Kier alpha value is -1.22. The van der Waals surface area contributed by atoms with Crippen LogP contribution in [-0.4, -0.2) is 40.2 Å². The van der Waals surface area contributed by atoms with Gasteiger partial charge >= 0.3 is 5.97 Å². The molecule has 0 radical (unpaired) electrons. The fourth-order valence-corrected chi connectivity index (χ4v) is 2.27. The van der Waals surface area contributed by atoms with Crippen LogP contribution in [0.15, 0.2) is 0 Å². The molecule has 0 aromatic rings. The van der Waals surface area contributed by atoms with Gasteiger partial charge in [0.2, 0.25) is 5.91 Å². The van der Waals surface area contributed by atoms with E-state index < -0.39 is 12.0 Å². The third kappa shape index (κ3) is 2.89. The highest BCUT2D eigenvalue weighted by Gasteiger charge is 2.35. The fraction of sp³-hybridized carbons (Fsp3) is 0.700. The Balaban J connectivity index is 2.59. The number of rotatable bonds is 4. The average Bonchev–Trinajstić information content (AvgIpc) is 2.73. The first-order chi connectivity index (χ1) is 7.57. The van der Waals surface area contributed by atoms with Crippen LogP contribution in [0.3, 0.4) is 0 Å². The minimum Gasteiger partial charge on any atom is -0.480 e. The van der Waals surface area contributed by atoms with Crippen molar-refractivity contribution in [2.24, 2.45) is 5.92 Å². The van der Waals surface area contributed by atoms with Gasteiger partial charge in [-0.05, 0) is 24.6 Å². The van der Waals surface area contributed by atoms with Crippen LogP contribution in [0.1, 0.15) is 19.8 Å². The highest BCUT2D eigenvalue weighted by molar-refractivity contribution is 8.03. The van der Waals surface area contributed by atoms with Crippen molar-refractivity contribution in [2.75, 3.05) is 12.3 Å². The van der Waals surface area contributed by atoms with Gasteiger partial charge in [-0.1, -0.05) is 6.92 Å². The molecule has 1 aliphatic heterocycles. The number of amides is 1. The first-order valence-electron chi connectivity index (χ1n) is 5.12. The summed E-state index contributed by atoms with van der Waals surface area (Å²) < 4.78 is 0. The maximum Gasteiger partial charge on any atom is 0.326 e. The number of carboxylic acid groups (broad SMARTS) is 1. The SMILES string of the molecule is CC(CSC#N)C(=O)N1CCCC1C(=O)O.